The summed E-state index contributed by atoms with van der Waals surface area (Å²) in [7, 11) is 0. The number of amides is 1. The molecule has 0 bridgehead atoms. The molecule has 1 rings (SSSR count). The molecule has 0 spiro atoms. The summed E-state index contributed by atoms with van der Waals surface area (Å²) in [6, 6.07) is 0. The van der Waals surface area contributed by atoms with Crippen LogP contribution in [-0.2, 0) is 4.79 Å². The topological polar surface area (TPSA) is 55.1 Å². The third kappa shape index (κ3) is 2.02. The van der Waals surface area contributed by atoms with Gasteiger partial charge in [0, 0.05) is 5.54 Å². The maximum atomic E-state index is 11.3. The smallest absolute Gasteiger partial charge is 0.237 e. The van der Waals surface area contributed by atoms with Crippen LogP contribution in [0.5, 0.6) is 0 Å². The largest absolute Gasteiger partial charge is 0.368 e. The Morgan fingerprint density at radius 3 is 2.31 bits per heavy atom. The minimum atomic E-state index is -0.403. The number of carbonyl (C=O) groups excluding carboxylic acids is 1. The van der Waals surface area contributed by atoms with Crippen LogP contribution < -0.4 is 11.1 Å². The highest BCUT2D eigenvalue weighted by atomic mass is 16.1. The summed E-state index contributed by atoms with van der Waals surface area (Å²) >= 11 is 0. The van der Waals surface area contributed by atoms with Crippen molar-refractivity contribution in [1.82, 2.24) is 5.32 Å². The summed E-state index contributed by atoms with van der Waals surface area (Å²) in [4.78, 5) is 11.3. The Bertz CT molecular complexity index is 207. The van der Waals surface area contributed by atoms with Crippen molar-refractivity contribution in [2.75, 3.05) is 0 Å². The fraction of sp³-hybridized carbons (Fsp3) is 0.900. The second kappa shape index (κ2) is 3.29. The number of primary amides is 1. The Morgan fingerprint density at radius 1 is 1.54 bits per heavy atom. The van der Waals surface area contributed by atoms with E-state index in [9.17, 15) is 4.79 Å². The van der Waals surface area contributed by atoms with Gasteiger partial charge < -0.3 is 5.73 Å². The van der Waals surface area contributed by atoms with Gasteiger partial charge in [0.05, 0.1) is 5.54 Å². The highest BCUT2D eigenvalue weighted by molar-refractivity contribution is 5.85. The van der Waals surface area contributed by atoms with Crippen molar-refractivity contribution < 1.29 is 4.79 Å². The van der Waals surface area contributed by atoms with E-state index in [1.807, 2.05) is 0 Å². The van der Waals surface area contributed by atoms with Crippen LogP contribution in [0, 0.1) is 0 Å². The summed E-state index contributed by atoms with van der Waals surface area (Å²) in [6.07, 6.45) is 3.90. The molecule has 0 saturated heterocycles. The zero-order valence-corrected chi connectivity index (χ0v) is 8.81. The molecule has 0 aliphatic heterocycles. The summed E-state index contributed by atoms with van der Waals surface area (Å²) < 4.78 is 0. The van der Waals surface area contributed by atoms with Crippen molar-refractivity contribution in [1.29, 1.82) is 0 Å². The first kappa shape index (κ1) is 10.5. The monoisotopic (exact) mass is 184 g/mol. The highest BCUT2D eigenvalue weighted by Crippen LogP contribution is 2.33. The van der Waals surface area contributed by atoms with Gasteiger partial charge in [-0.1, -0.05) is 6.92 Å². The Kier molecular flexibility index (Phi) is 2.66. The van der Waals surface area contributed by atoms with E-state index < -0.39 is 5.54 Å². The molecule has 1 aliphatic carbocycles. The second-order valence-electron chi connectivity index (χ2n) is 4.66. The fourth-order valence-electron chi connectivity index (χ4n) is 1.70. The van der Waals surface area contributed by atoms with Gasteiger partial charge in [-0.3, -0.25) is 10.1 Å². The average Bonchev–Trinajstić information content (AvgIpc) is 1.96. The molecule has 0 radical (unpaired) electrons. The first-order valence-electron chi connectivity index (χ1n) is 5.01. The Morgan fingerprint density at radius 2 is 2.08 bits per heavy atom. The van der Waals surface area contributed by atoms with Crippen molar-refractivity contribution in [3.8, 4) is 0 Å². The molecular weight excluding hydrogens is 164 g/mol. The molecule has 0 heterocycles. The molecule has 0 aromatic rings. The number of hydrogen-bond acceptors (Lipinski definition) is 2. The molecule has 1 saturated carbocycles. The SMILES string of the molecule is CCC(C)(C)NC1(C(N)=O)CCC1. The van der Waals surface area contributed by atoms with Crippen molar-refractivity contribution in [3.05, 3.63) is 0 Å². The van der Waals surface area contributed by atoms with Crippen LogP contribution in [0.25, 0.3) is 0 Å². The minimum Gasteiger partial charge on any atom is -0.368 e. The quantitative estimate of drug-likeness (QED) is 0.689. The number of nitrogens with two attached hydrogens (primary N) is 1. The number of nitrogens with one attached hydrogen (secondary N) is 1. The Labute approximate surface area is 80.1 Å². The molecule has 76 valence electrons. The molecular formula is C10H20N2O. The third-order valence-electron chi connectivity index (χ3n) is 3.14. The van der Waals surface area contributed by atoms with Crippen LogP contribution in [0.3, 0.4) is 0 Å². The number of hydrogen-bond donors (Lipinski definition) is 2. The normalized spacial score (nSPS) is 20.8. The van der Waals surface area contributed by atoms with Crippen molar-refractivity contribution >= 4 is 5.91 Å². The lowest BCUT2D eigenvalue weighted by Crippen LogP contribution is -2.65. The Hall–Kier alpha value is -0.570. The fourth-order valence-corrected chi connectivity index (χ4v) is 1.70. The van der Waals surface area contributed by atoms with Crippen LogP contribution in [0.2, 0.25) is 0 Å². The maximum absolute atomic E-state index is 11.3. The van der Waals surface area contributed by atoms with Gasteiger partial charge in [-0.15, -0.1) is 0 Å². The van der Waals surface area contributed by atoms with E-state index in [0.717, 1.165) is 25.7 Å². The van der Waals surface area contributed by atoms with Crippen molar-refractivity contribution in [2.45, 2.75) is 57.5 Å². The van der Waals surface area contributed by atoms with Crippen LogP contribution >= 0.6 is 0 Å². The van der Waals surface area contributed by atoms with Gasteiger partial charge in [0.15, 0.2) is 0 Å². The molecule has 13 heavy (non-hydrogen) atoms. The van der Waals surface area contributed by atoms with Crippen LogP contribution in [0.15, 0.2) is 0 Å². The van der Waals surface area contributed by atoms with E-state index in [-0.39, 0.29) is 11.4 Å². The van der Waals surface area contributed by atoms with Crippen LogP contribution in [-0.4, -0.2) is 17.0 Å². The van der Waals surface area contributed by atoms with Gasteiger partial charge in [0.1, 0.15) is 0 Å². The van der Waals surface area contributed by atoms with Gasteiger partial charge in [-0.25, -0.2) is 0 Å². The lowest BCUT2D eigenvalue weighted by atomic mass is 9.74. The van der Waals surface area contributed by atoms with E-state index in [1.165, 1.54) is 0 Å². The molecule has 0 aromatic carbocycles. The van der Waals surface area contributed by atoms with E-state index in [0.29, 0.717) is 0 Å². The molecule has 3 nitrogen and oxygen atoms in total. The van der Waals surface area contributed by atoms with Gasteiger partial charge in [0.2, 0.25) is 5.91 Å². The number of carbonyl (C=O) groups is 1. The first-order valence-corrected chi connectivity index (χ1v) is 5.01. The molecule has 0 unspecified atom stereocenters. The van der Waals surface area contributed by atoms with Crippen LogP contribution in [0.4, 0.5) is 0 Å². The van der Waals surface area contributed by atoms with Crippen LogP contribution in [0.1, 0.15) is 46.5 Å². The predicted molar refractivity (Wildman–Crippen MR) is 53.3 cm³/mol. The number of rotatable bonds is 4. The summed E-state index contributed by atoms with van der Waals surface area (Å²) in [5.74, 6) is -0.194. The lowest BCUT2D eigenvalue weighted by Gasteiger charge is -2.45. The first-order chi connectivity index (χ1) is 5.92. The minimum absolute atomic E-state index is 0.00938. The zero-order chi connectivity index (χ0) is 10.1. The molecule has 1 amide bonds. The third-order valence-corrected chi connectivity index (χ3v) is 3.14. The highest BCUT2D eigenvalue weighted by Gasteiger charge is 2.45. The van der Waals surface area contributed by atoms with Gasteiger partial charge >= 0.3 is 0 Å². The van der Waals surface area contributed by atoms with Crippen molar-refractivity contribution in [2.24, 2.45) is 5.73 Å². The van der Waals surface area contributed by atoms with Crippen molar-refractivity contribution in [3.63, 3.8) is 0 Å². The molecule has 1 fully saturated rings. The molecule has 3 heteroatoms. The summed E-state index contributed by atoms with van der Waals surface area (Å²) in [6.45, 7) is 6.33. The predicted octanol–water partition coefficient (Wildman–Crippen LogP) is 1.17. The molecule has 0 aromatic heterocycles. The van der Waals surface area contributed by atoms with E-state index >= 15 is 0 Å². The van der Waals surface area contributed by atoms with E-state index in [4.69, 9.17) is 5.73 Å². The summed E-state index contributed by atoms with van der Waals surface area (Å²) in [5, 5.41) is 3.38. The second-order valence-corrected chi connectivity index (χ2v) is 4.66. The van der Waals surface area contributed by atoms with E-state index in [1.54, 1.807) is 0 Å². The van der Waals surface area contributed by atoms with Gasteiger partial charge in [-0.2, -0.15) is 0 Å². The van der Waals surface area contributed by atoms with Gasteiger partial charge in [-0.05, 0) is 39.5 Å². The molecule has 3 N–H and O–H groups in total. The average molecular weight is 184 g/mol. The molecule has 1 aliphatic rings. The van der Waals surface area contributed by atoms with E-state index in [2.05, 4.69) is 26.1 Å². The Balaban J connectivity index is 2.64. The lowest BCUT2D eigenvalue weighted by molar-refractivity contribution is -0.129. The maximum Gasteiger partial charge on any atom is 0.237 e. The standard InChI is InChI=1S/C10H20N2O/c1-4-9(2,3)12-10(8(11)13)6-5-7-10/h12H,4-7H2,1-3H3,(H2,11,13). The van der Waals surface area contributed by atoms with Gasteiger partial charge in [0.25, 0.3) is 0 Å². The molecule has 0 atom stereocenters. The summed E-state index contributed by atoms with van der Waals surface area (Å²) in [5.41, 5.74) is 5.00. The zero-order valence-electron chi connectivity index (χ0n) is 8.81.